The number of nitrogens with two attached hydrogens (primary N) is 1. The molecule has 1 rings (SSSR count). The number of rotatable bonds is 4. The summed E-state index contributed by atoms with van der Waals surface area (Å²) in [5.74, 6) is 0.749. The van der Waals surface area contributed by atoms with Gasteiger partial charge in [0.1, 0.15) is 16.5 Å². The zero-order chi connectivity index (χ0) is 10.6. The number of aromatic nitrogens is 2. The third kappa shape index (κ3) is 2.92. The van der Waals surface area contributed by atoms with E-state index >= 15 is 0 Å². The van der Waals surface area contributed by atoms with E-state index in [1.54, 1.807) is 12.4 Å². The number of thiocarbonyl (C=S) groups is 1. The van der Waals surface area contributed by atoms with Gasteiger partial charge in [0.2, 0.25) is 0 Å². The van der Waals surface area contributed by atoms with Gasteiger partial charge in [-0.25, -0.2) is 9.97 Å². The number of nitrogens with zero attached hydrogens (tertiary/aromatic N) is 2. The van der Waals surface area contributed by atoms with Crippen LogP contribution in [0.4, 0.5) is 5.82 Å². The Morgan fingerprint density at radius 3 is 2.71 bits per heavy atom. The average Bonchev–Trinajstić information content (AvgIpc) is 2.18. The zero-order valence-electron chi connectivity index (χ0n) is 8.32. The lowest BCUT2D eigenvalue weighted by Gasteiger charge is -2.11. The molecule has 0 saturated heterocycles. The summed E-state index contributed by atoms with van der Waals surface area (Å²) in [5, 5.41) is 3.20. The Balaban J connectivity index is 2.68. The van der Waals surface area contributed by atoms with E-state index in [1.165, 1.54) is 0 Å². The summed E-state index contributed by atoms with van der Waals surface area (Å²) in [5.41, 5.74) is 5.95. The molecule has 0 aliphatic rings. The normalized spacial score (nSPS) is 12.1. The maximum absolute atomic E-state index is 5.40. The van der Waals surface area contributed by atoms with Crippen molar-refractivity contribution in [1.82, 2.24) is 9.97 Å². The van der Waals surface area contributed by atoms with Crippen molar-refractivity contribution in [1.29, 1.82) is 0 Å². The van der Waals surface area contributed by atoms with Gasteiger partial charge in [0.05, 0.1) is 12.4 Å². The molecule has 0 radical (unpaired) electrons. The smallest absolute Gasteiger partial charge is 0.144 e. The summed E-state index contributed by atoms with van der Waals surface area (Å²) in [4.78, 5) is 8.49. The molecule has 0 saturated carbocycles. The highest BCUT2D eigenvalue weighted by atomic mass is 32.1. The minimum Gasteiger partial charge on any atom is -0.388 e. The third-order valence-corrected chi connectivity index (χ3v) is 2.12. The summed E-state index contributed by atoms with van der Waals surface area (Å²) in [6.45, 7) is 4.19. The molecule has 0 aromatic carbocycles. The summed E-state index contributed by atoms with van der Waals surface area (Å²) in [6.07, 6.45) is 4.26. The Labute approximate surface area is 88.9 Å². The van der Waals surface area contributed by atoms with Gasteiger partial charge in [-0.3, -0.25) is 0 Å². The summed E-state index contributed by atoms with van der Waals surface area (Å²) in [6, 6.07) is 0.389. The van der Waals surface area contributed by atoms with E-state index in [1.807, 2.05) is 0 Å². The van der Waals surface area contributed by atoms with Crippen LogP contribution in [0.1, 0.15) is 26.0 Å². The fraction of sp³-hybridized carbons (Fsp3) is 0.444. The standard InChI is InChI=1S/C9H14N4S/c1-3-6(2)13-8-5-11-7(4-12-8)9(10)14/h4-6H,3H2,1-2H3,(H2,10,14)(H,12,13). The van der Waals surface area contributed by atoms with Gasteiger partial charge in [-0.1, -0.05) is 19.1 Å². The average molecular weight is 210 g/mol. The summed E-state index contributed by atoms with van der Waals surface area (Å²) >= 11 is 4.77. The van der Waals surface area contributed by atoms with Crippen LogP contribution in [0.5, 0.6) is 0 Å². The lowest BCUT2D eigenvalue weighted by atomic mass is 10.3. The largest absolute Gasteiger partial charge is 0.388 e. The van der Waals surface area contributed by atoms with E-state index in [2.05, 4.69) is 29.1 Å². The maximum Gasteiger partial charge on any atom is 0.144 e. The molecule has 3 N–H and O–H groups in total. The molecule has 14 heavy (non-hydrogen) atoms. The molecule has 1 atom stereocenters. The summed E-state index contributed by atoms with van der Waals surface area (Å²) < 4.78 is 0. The van der Waals surface area contributed by atoms with Crippen molar-refractivity contribution in [3.8, 4) is 0 Å². The van der Waals surface area contributed by atoms with Gasteiger partial charge in [-0.05, 0) is 13.3 Å². The third-order valence-electron chi connectivity index (χ3n) is 1.91. The monoisotopic (exact) mass is 210 g/mol. The molecule has 76 valence electrons. The molecular formula is C9H14N4S. The highest BCUT2D eigenvalue weighted by molar-refractivity contribution is 7.80. The van der Waals surface area contributed by atoms with Crippen molar-refractivity contribution < 1.29 is 0 Å². The zero-order valence-corrected chi connectivity index (χ0v) is 9.14. The Kier molecular flexibility index (Phi) is 3.76. The summed E-state index contributed by atoms with van der Waals surface area (Å²) in [7, 11) is 0. The van der Waals surface area contributed by atoms with Gasteiger partial charge < -0.3 is 11.1 Å². The molecule has 0 bridgehead atoms. The van der Waals surface area contributed by atoms with Gasteiger partial charge in [0, 0.05) is 6.04 Å². The molecule has 1 aromatic rings. The molecule has 1 unspecified atom stereocenters. The van der Waals surface area contributed by atoms with Gasteiger partial charge in [-0.2, -0.15) is 0 Å². The molecule has 4 nitrogen and oxygen atoms in total. The van der Waals surface area contributed by atoms with Crippen molar-refractivity contribution in [2.45, 2.75) is 26.3 Å². The lowest BCUT2D eigenvalue weighted by Crippen LogP contribution is -2.16. The molecule has 0 amide bonds. The molecule has 0 fully saturated rings. The van der Waals surface area contributed by atoms with Crippen molar-refractivity contribution >= 4 is 23.0 Å². The van der Waals surface area contributed by atoms with Crippen LogP contribution in [-0.2, 0) is 0 Å². The minimum absolute atomic E-state index is 0.271. The van der Waals surface area contributed by atoms with Gasteiger partial charge in [0.15, 0.2) is 0 Å². The highest BCUT2D eigenvalue weighted by Gasteiger charge is 2.02. The lowest BCUT2D eigenvalue weighted by molar-refractivity contribution is 0.758. The first-order valence-electron chi connectivity index (χ1n) is 4.52. The first-order valence-corrected chi connectivity index (χ1v) is 4.92. The quantitative estimate of drug-likeness (QED) is 0.734. The van der Waals surface area contributed by atoms with Crippen LogP contribution in [0.15, 0.2) is 12.4 Å². The van der Waals surface area contributed by atoms with Crippen molar-refractivity contribution in [2.75, 3.05) is 5.32 Å². The fourth-order valence-corrected chi connectivity index (χ4v) is 0.990. The van der Waals surface area contributed by atoms with Crippen LogP contribution in [0.25, 0.3) is 0 Å². The molecule has 5 heteroatoms. The van der Waals surface area contributed by atoms with Crippen LogP contribution in [0.3, 0.4) is 0 Å². The van der Waals surface area contributed by atoms with Crippen LogP contribution >= 0.6 is 12.2 Å². The van der Waals surface area contributed by atoms with Gasteiger partial charge in [-0.15, -0.1) is 0 Å². The van der Waals surface area contributed by atoms with E-state index in [0.29, 0.717) is 11.7 Å². The number of hydrogen-bond acceptors (Lipinski definition) is 4. The predicted molar refractivity (Wildman–Crippen MR) is 61.3 cm³/mol. The Morgan fingerprint density at radius 2 is 2.29 bits per heavy atom. The Hall–Kier alpha value is -1.23. The number of hydrogen-bond donors (Lipinski definition) is 2. The van der Waals surface area contributed by atoms with Crippen molar-refractivity contribution in [2.24, 2.45) is 5.73 Å². The van der Waals surface area contributed by atoms with E-state index < -0.39 is 0 Å². The minimum atomic E-state index is 0.271. The molecule has 1 heterocycles. The first kappa shape index (κ1) is 10.8. The molecule has 0 aliphatic carbocycles. The molecule has 0 aliphatic heterocycles. The van der Waals surface area contributed by atoms with Crippen LogP contribution in [0.2, 0.25) is 0 Å². The van der Waals surface area contributed by atoms with E-state index in [-0.39, 0.29) is 4.99 Å². The van der Waals surface area contributed by atoms with E-state index in [9.17, 15) is 0 Å². The topological polar surface area (TPSA) is 63.8 Å². The molecular weight excluding hydrogens is 196 g/mol. The van der Waals surface area contributed by atoms with Crippen molar-refractivity contribution in [3.05, 3.63) is 18.1 Å². The second-order valence-corrected chi connectivity index (χ2v) is 3.54. The van der Waals surface area contributed by atoms with E-state index in [0.717, 1.165) is 12.2 Å². The van der Waals surface area contributed by atoms with Crippen LogP contribution < -0.4 is 11.1 Å². The number of anilines is 1. The Morgan fingerprint density at radius 1 is 1.57 bits per heavy atom. The maximum atomic E-state index is 5.40. The van der Waals surface area contributed by atoms with Gasteiger partial charge in [0.25, 0.3) is 0 Å². The molecule has 1 aromatic heterocycles. The second kappa shape index (κ2) is 4.85. The molecule has 0 spiro atoms. The Bertz CT molecular complexity index is 309. The van der Waals surface area contributed by atoms with Crippen molar-refractivity contribution in [3.63, 3.8) is 0 Å². The van der Waals surface area contributed by atoms with E-state index in [4.69, 9.17) is 18.0 Å². The predicted octanol–water partition coefficient (Wildman–Crippen LogP) is 1.32. The second-order valence-electron chi connectivity index (χ2n) is 3.10. The van der Waals surface area contributed by atoms with Gasteiger partial charge >= 0.3 is 0 Å². The van der Waals surface area contributed by atoms with Crippen LogP contribution in [0, 0.1) is 0 Å². The number of nitrogens with one attached hydrogen (secondary N) is 1. The fourth-order valence-electron chi connectivity index (χ4n) is 0.884. The first-order chi connectivity index (χ1) is 6.63. The SMILES string of the molecule is CCC(C)Nc1cnc(C(N)=S)cn1. The highest BCUT2D eigenvalue weighted by Crippen LogP contribution is 2.04. The van der Waals surface area contributed by atoms with Crippen LogP contribution in [-0.4, -0.2) is 21.0 Å².